The lowest BCUT2D eigenvalue weighted by Gasteiger charge is -2.23. The molecule has 1 heterocycles. The van der Waals surface area contributed by atoms with Gasteiger partial charge >= 0.3 is 0 Å². The Kier molecular flexibility index (Phi) is 8.07. The van der Waals surface area contributed by atoms with Crippen molar-refractivity contribution in [3.05, 3.63) is 0 Å². The van der Waals surface area contributed by atoms with E-state index >= 15 is 0 Å². The molecule has 0 radical (unpaired) electrons. The number of rotatable bonds is 10. The summed E-state index contributed by atoms with van der Waals surface area (Å²) in [4.78, 5) is 14.4. The minimum absolute atomic E-state index is 0.0399. The summed E-state index contributed by atoms with van der Waals surface area (Å²) >= 11 is 0. The monoisotopic (exact) mass is 270 g/mol. The van der Waals surface area contributed by atoms with Crippen molar-refractivity contribution >= 4 is 5.91 Å². The first-order valence-corrected chi connectivity index (χ1v) is 7.88. The van der Waals surface area contributed by atoms with Crippen molar-refractivity contribution in [2.75, 3.05) is 19.8 Å². The molecule has 1 aliphatic heterocycles. The van der Waals surface area contributed by atoms with Crippen LogP contribution in [0, 0.1) is 0 Å². The van der Waals surface area contributed by atoms with Crippen molar-refractivity contribution in [1.82, 2.24) is 10.2 Å². The van der Waals surface area contributed by atoms with E-state index in [1.807, 2.05) is 4.90 Å². The molecule has 2 atom stereocenters. The lowest BCUT2D eigenvalue weighted by atomic mass is 10.2. The van der Waals surface area contributed by atoms with Crippen LogP contribution in [0.25, 0.3) is 0 Å². The van der Waals surface area contributed by atoms with Crippen LogP contribution < -0.4 is 5.32 Å². The highest BCUT2D eigenvalue weighted by atomic mass is 16.5. The van der Waals surface area contributed by atoms with Crippen LogP contribution in [0.5, 0.6) is 0 Å². The van der Waals surface area contributed by atoms with Crippen LogP contribution in [0.15, 0.2) is 0 Å². The summed E-state index contributed by atoms with van der Waals surface area (Å²) in [7, 11) is 0. The average Bonchev–Trinajstić information content (AvgIpc) is 2.68. The van der Waals surface area contributed by atoms with E-state index in [1.165, 1.54) is 0 Å². The number of amides is 1. The zero-order valence-corrected chi connectivity index (χ0v) is 12.8. The maximum Gasteiger partial charge on any atom is 0.241 e. The first kappa shape index (κ1) is 16.4. The third-order valence-corrected chi connectivity index (χ3v) is 3.53. The van der Waals surface area contributed by atoms with Crippen LogP contribution in [0.2, 0.25) is 0 Å². The quantitative estimate of drug-likeness (QED) is 0.620. The summed E-state index contributed by atoms with van der Waals surface area (Å²) in [6.45, 7) is 8.81. The Morgan fingerprint density at radius 2 is 1.84 bits per heavy atom. The molecule has 0 aromatic carbocycles. The molecule has 1 amide bonds. The van der Waals surface area contributed by atoms with E-state index in [4.69, 9.17) is 4.74 Å². The molecule has 1 N–H and O–H groups in total. The van der Waals surface area contributed by atoms with E-state index in [2.05, 4.69) is 26.1 Å². The zero-order valence-electron chi connectivity index (χ0n) is 12.8. The van der Waals surface area contributed by atoms with Gasteiger partial charge in [-0.3, -0.25) is 10.1 Å². The fourth-order valence-corrected chi connectivity index (χ4v) is 2.60. The van der Waals surface area contributed by atoms with Crippen molar-refractivity contribution in [1.29, 1.82) is 0 Å². The second-order valence-corrected chi connectivity index (χ2v) is 5.31. The van der Waals surface area contributed by atoms with Crippen molar-refractivity contribution < 1.29 is 9.53 Å². The molecule has 1 fully saturated rings. The minimum Gasteiger partial charge on any atom is -0.381 e. The maximum atomic E-state index is 12.3. The molecule has 0 aromatic heterocycles. The lowest BCUT2D eigenvalue weighted by Crippen LogP contribution is -2.38. The van der Waals surface area contributed by atoms with Gasteiger partial charge in [-0.15, -0.1) is 0 Å². The molecule has 0 aromatic rings. The Balaban J connectivity index is 2.40. The van der Waals surface area contributed by atoms with Crippen LogP contribution in [0.3, 0.4) is 0 Å². The van der Waals surface area contributed by atoms with E-state index < -0.39 is 0 Å². The minimum atomic E-state index is 0.0399. The first-order chi connectivity index (χ1) is 9.24. The Hall–Kier alpha value is -0.610. The smallest absolute Gasteiger partial charge is 0.241 e. The molecule has 0 bridgehead atoms. The average molecular weight is 270 g/mol. The van der Waals surface area contributed by atoms with Crippen molar-refractivity contribution in [2.24, 2.45) is 0 Å². The summed E-state index contributed by atoms with van der Waals surface area (Å²) in [6.07, 6.45) is 6.37. The summed E-state index contributed by atoms with van der Waals surface area (Å²) in [5.41, 5.74) is 0. The van der Waals surface area contributed by atoms with Crippen LogP contribution in [0.1, 0.15) is 59.3 Å². The molecule has 1 aliphatic rings. The SMILES string of the molecule is CCCOCCCN1C(=O)C(CCC)NC1CCC. The van der Waals surface area contributed by atoms with Crippen molar-refractivity contribution in [3.63, 3.8) is 0 Å². The van der Waals surface area contributed by atoms with Gasteiger partial charge in [-0.2, -0.15) is 0 Å². The highest BCUT2D eigenvalue weighted by Crippen LogP contribution is 2.18. The number of nitrogens with one attached hydrogen (secondary N) is 1. The summed E-state index contributed by atoms with van der Waals surface area (Å²) in [5, 5.41) is 3.48. The Labute approximate surface area is 117 Å². The number of nitrogens with zero attached hydrogens (tertiary/aromatic N) is 1. The van der Waals surface area contributed by atoms with E-state index in [0.29, 0.717) is 0 Å². The lowest BCUT2D eigenvalue weighted by molar-refractivity contribution is -0.130. The van der Waals surface area contributed by atoms with Crippen LogP contribution in [-0.2, 0) is 9.53 Å². The summed E-state index contributed by atoms with van der Waals surface area (Å²) in [6, 6.07) is 0.0399. The van der Waals surface area contributed by atoms with Gasteiger partial charge in [0, 0.05) is 19.8 Å². The first-order valence-electron chi connectivity index (χ1n) is 7.88. The number of ether oxygens (including phenoxy) is 1. The highest BCUT2D eigenvalue weighted by molar-refractivity contribution is 5.84. The number of carbonyl (C=O) groups excluding carboxylic acids is 1. The Morgan fingerprint density at radius 1 is 1.11 bits per heavy atom. The van der Waals surface area contributed by atoms with Gasteiger partial charge in [-0.25, -0.2) is 0 Å². The van der Waals surface area contributed by atoms with Gasteiger partial charge in [0.2, 0.25) is 5.91 Å². The Morgan fingerprint density at radius 3 is 2.47 bits per heavy atom. The van der Waals surface area contributed by atoms with Gasteiger partial charge in [0.05, 0.1) is 12.2 Å². The molecule has 112 valence electrons. The molecular formula is C15H30N2O2. The van der Waals surface area contributed by atoms with Gasteiger partial charge in [0.15, 0.2) is 0 Å². The van der Waals surface area contributed by atoms with E-state index in [1.54, 1.807) is 0 Å². The number of hydrogen-bond acceptors (Lipinski definition) is 3. The standard InChI is InChI=1S/C15H30N2O2/c1-4-8-13-15(18)17(14(16-13)9-5-2)10-7-12-19-11-6-3/h13-14,16H,4-12H2,1-3H3. The molecule has 2 unspecified atom stereocenters. The molecule has 0 saturated carbocycles. The molecule has 1 rings (SSSR count). The summed E-state index contributed by atoms with van der Waals surface area (Å²) in [5.74, 6) is 0.288. The van der Waals surface area contributed by atoms with E-state index in [0.717, 1.165) is 58.3 Å². The van der Waals surface area contributed by atoms with Gasteiger partial charge in [0.25, 0.3) is 0 Å². The molecule has 4 nitrogen and oxygen atoms in total. The van der Waals surface area contributed by atoms with E-state index in [9.17, 15) is 4.79 Å². The predicted molar refractivity (Wildman–Crippen MR) is 78.0 cm³/mol. The zero-order chi connectivity index (χ0) is 14.1. The second-order valence-electron chi connectivity index (χ2n) is 5.31. The second kappa shape index (κ2) is 9.32. The summed E-state index contributed by atoms with van der Waals surface area (Å²) < 4.78 is 5.49. The fourth-order valence-electron chi connectivity index (χ4n) is 2.60. The Bertz CT molecular complexity index is 259. The molecule has 0 aliphatic carbocycles. The maximum absolute atomic E-state index is 12.3. The third kappa shape index (κ3) is 5.11. The molecular weight excluding hydrogens is 240 g/mol. The largest absolute Gasteiger partial charge is 0.381 e. The van der Waals surface area contributed by atoms with Crippen molar-refractivity contribution in [3.8, 4) is 0 Å². The van der Waals surface area contributed by atoms with Crippen molar-refractivity contribution in [2.45, 2.75) is 71.5 Å². The van der Waals surface area contributed by atoms with Crippen LogP contribution in [-0.4, -0.2) is 42.8 Å². The molecule has 19 heavy (non-hydrogen) atoms. The number of carbonyl (C=O) groups is 1. The molecule has 0 spiro atoms. The van der Waals surface area contributed by atoms with Crippen LogP contribution >= 0.6 is 0 Å². The number of hydrogen-bond donors (Lipinski definition) is 1. The van der Waals surface area contributed by atoms with Gasteiger partial charge < -0.3 is 9.64 Å². The van der Waals surface area contributed by atoms with Gasteiger partial charge in [-0.05, 0) is 25.7 Å². The van der Waals surface area contributed by atoms with Crippen LogP contribution in [0.4, 0.5) is 0 Å². The third-order valence-electron chi connectivity index (χ3n) is 3.53. The van der Waals surface area contributed by atoms with Gasteiger partial charge in [-0.1, -0.05) is 33.6 Å². The predicted octanol–water partition coefficient (Wildman–Crippen LogP) is 2.53. The van der Waals surface area contributed by atoms with E-state index in [-0.39, 0.29) is 18.1 Å². The van der Waals surface area contributed by atoms with Gasteiger partial charge in [0.1, 0.15) is 0 Å². The molecule has 4 heteroatoms. The fraction of sp³-hybridized carbons (Fsp3) is 0.933. The topological polar surface area (TPSA) is 41.6 Å². The highest BCUT2D eigenvalue weighted by Gasteiger charge is 2.36. The normalized spacial score (nSPS) is 23.3. The molecule has 1 saturated heterocycles.